The van der Waals surface area contributed by atoms with Crippen LogP contribution >= 0.6 is 0 Å². The molecule has 1 N–H and O–H groups in total. The van der Waals surface area contributed by atoms with Crippen molar-refractivity contribution in [2.45, 2.75) is 33.7 Å². The Balaban J connectivity index is 2.96. The fraction of sp³-hybridized carbons (Fsp3) is 0.588. The van der Waals surface area contributed by atoms with Crippen LogP contribution in [-0.2, 0) is 14.8 Å². The van der Waals surface area contributed by atoms with Crippen molar-refractivity contribution in [2.75, 3.05) is 24.2 Å². The molecule has 0 aliphatic carbocycles. The lowest BCUT2D eigenvalue weighted by atomic mass is 9.93. The number of hydrogen-bond acceptors (Lipinski definition) is 4. The van der Waals surface area contributed by atoms with E-state index in [0.29, 0.717) is 11.4 Å². The van der Waals surface area contributed by atoms with Crippen molar-refractivity contribution < 1.29 is 17.9 Å². The minimum absolute atomic E-state index is 0.00484. The Labute approximate surface area is 145 Å². The molecule has 0 aliphatic rings. The van der Waals surface area contributed by atoms with Gasteiger partial charge in [0.25, 0.3) is 0 Å². The molecule has 1 rings (SSSR count). The lowest BCUT2D eigenvalue weighted by Crippen LogP contribution is -2.47. The largest absolute Gasteiger partial charge is 0.497 e. The van der Waals surface area contributed by atoms with Gasteiger partial charge in [-0.3, -0.25) is 9.10 Å². The SMILES string of the molecule is COc1ccc(N(CC(=O)NC(C(C)C)C(C)C)S(C)(=O)=O)cc1. The Bertz CT molecular complexity index is 631. The van der Waals surface area contributed by atoms with Crippen molar-refractivity contribution in [2.24, 2.45) is 11.8 Å². The number of carbonyl (C=O) groups is 1. The summed E-state index contributed by atoms with van der Waals surface area (Å²) in [5, 5.41) is 2.94. The molecule has 136 valence electrons. The second kappa shape index (κ2) is 8.37. The van der Waals surface area contributed by atoms with Gasteiger partial charge in [-0.25, -0.2) is 8.42 Å². The molecule has 0 spiro atoms. The van der Waals surface area contributed by atoms with E-state index in [1.807, 2.05) is 27.7 Å². The van der Waals surface area contributed by atoms with Crippen LogP contribution in [0.3, 0.4) is 0 Å². The highest BCUT2D eigenvalue weighted by atomic mass is 32.2. The zero-order valence-corrected chi connectivity index (χ0v) is 16.1. The summed E-state index contributed by atoms with van der Waals surface area (Å²) in [6, 6.07) is 6.56. The number of carbonyl (C=O) groups excluding carboxylic acids is 1. The second-order valence-electron chi connectivity index (χ2n) is 6.55. The van der Waals surface area contributed by atoms with E-state index in [-0.39, 0.29) is 30.3 Å². The van der Waals surface area contributed by atoms with Gasteiger partial charge in [0.1, 0.15) is 12.3 Å². The van der Waals surface area contributed by atoms with E-state index in [4.69, 9.17) is 4.74 Å². The minimum Gasteiger partial charge on any atom is -0.497 e. The summed E-state index contributed by atoms with van der Waals surface area (Å²) in [4.78, 5) is 12.4. The van der Waals surface area contributed by atoms with Crippen molar-refractivity contribution in [3.8, 4) is 5.75 Å². The van der Waals surface area contributed by atoms with Gasteiger partial charge in [-0.2, -0.15) is 0 Å². The van der Waals surface area contributed by atoms with E-state index in [0.717, 1.165) is 10.6 Å². The Morgan fingerprint density at radius 3 is 2.00 bits per heavy atom. The molecule has 0 atom stereocenters. The molecule has 0 unspecified atom stereocenters. The number of nitrogens with zero attached hydrogens (tertiary/aromatic N) is 1. The molecule has 1 amide bonds. The first-order chi connectivity index (χ1) is 11.1. The highest BCUT2D eigenvalue weighted by molar-refractivity contribution is 7.92. The van der Waals surface area contributed by atoms with Crippen LogP contribution in [0, 0.1) is 11.8 Å². The lowest BCUT2D eigenvalue weighted by Gasteiger charge is -2.28. The maximum atomic E-state index is 12.4. The zero-order valence-electron chi connectivity index (χ0n) is 15.2. The summed E-state index contributed by atoms with van der Waals surface area (Å²) in [6.45, 7) is 7.87. The quantitative estimate of drug-likeness (QED) is 0.775. The van der Waals surface area contributed by atoms with E-state index in [2.05, 4.69) is 5.32 Å². The Hall–Kier alpha value is -1.76. The fourth-order valence-corrected chi connectivity index (χ4v) is 3.47. The Morgan fingerprint density at radius 2 is 1.62 bits per heavy atom. The number of sulfonamides is 1. The fourth-order valence-electron chi connectivity index (χ4n) is 2.61. The predicted molar refractivity (Wildman–Crippen MR) is 96.8 cm³/mol. The Morgan fingerprint density at radius 1 is 1.12 bits per heavy atom. The summed E-state index contributed by atoms with van der Waals surface area (Å²) in [5.74, 6) is 0.836. The van der Waals surface area contributed by atoms with E-state index < -0.39 is 10.0 Å². The highest BCUT2D eigenvalue weighted by Crippen LogP contribution is 2.21. The summed E-state index contributed by atoms with van der Waals surface area (Å²) in [6.07, 6.45) is 1.09. The van der Waals surface area contributed by atoms with Gasteiger partial charge in [0.05, 0.1) is 19.1 Å². The van der Waals surface area contributed by atoms with Crippen molar-refractivity contribution in [1.82, 2.24) is 5.32 Å². The zero-order chi connectivity index (χ0) is 18.5. The molecule has 0 bridgehead atoms. The van der Waals surface area contributed by atoms with Crippen LogP contribution in [0.5, 0.6) is 5.75 Å². The molecule has 1 aromatic rings. The van der Waals surface area contributed by atoms with Gasteiger partial charge < -0.3 is 10.1 Å². The van der Waals surface area contributed by atoms with Gasteiger partial charge in [-0.15, -0.1) is 0 Å². The van der Waals surface area contributed by atoms with Gasteiger partial charge in [0, 0.05) is 6.04 Å². The third-order valence-corrected chi connectivity index (χ3v) is 4.95. The number of anilines is 1. The third kappa shape index (κ3) is 5.70. The number of ether oxygens (including phenoxy) is 1. The molecule has 0 aliphatic heterocycles. The van der Waals surface area contributed by atoms with Crippen LogP contribution in [0.1, 0.15) is 27.7 Å². The molecule has 6 nitrogen and oxygen atoms in total. The van der Waals surface area contributed by atoms with Crippen LogP contribution < -0.4 is 14.4 Å². The van der Waals surface area contributed by atoms with Crippen molar-refractivity contribution in [3.05, 3.63) is 24.3 Å². The number of amides is 1. The molecular weight excluding hydrogens is 328 g/mol. The first-order valence-electron chi connectivity index (χ1n) is 7.97. The standard InChI is InChI=1S/C17H28N2O4S/c1-12(2)17(13(3)4)18-16(20)11-19(24(6,21)22)14-7-9-15(23-5)10-8-14/h7-10,12-13,17H,11H2,1-6H3,(H,18,20). The van der Waals surface area contributed by atoms with Crippen LogP contribution in [-0.4, -0.2) is 40.3 Å². The monoisotopic (exact) mass is 356 g/mol. The van der Waals surface area contributed by atoms with E-state index in [1.54, 1.807) is 24.3 Å². The molecule has 24 heavy (non-hydrogen) atoms. The lowest BCUT2D eigenvalue weighted by molar-refractivity contribution is -0.121. The Kier molecular flexibility index (Phi) is 7.08. The van der Waals surface area contributed by atoms with Gasteiger partial charge in [-0.1, -0.05) is 27.7 Å². The highest BCUT2D eigenvalue weighted by Gasteiger charge is 2.24. The van der Waals surface area contributed by atoms with Gasteiger partial charge >= 0.3 is 0 Å². The number of methoxy groups -OCH3 is 1. The van der Waals surface area contributed by atoms with Crippen LogP contribution in [0.15, 0.2) is 24.3 Å². The first kappa shape index (κ1) is 20.3. The first-order valence-corrected chi connectivity index (χ1v) is 9.82. The van der Waals surface area contributed by atoms with E-state index in [9.17, 15) is 13.2 Å². The molecule has 0 aromatic heterocycles. The molecule has 0 radical (unpaired) electrons. The third-order valence-electron chi connectivity index (χ3n) is 3.81. The molecule has 1 aromatic carbocycles. The predicted octanol–water partition coefficient (Wildman–Crippen LogP) is 2.26. The maximum Gasteiger partial charge on any atom is 0.241 e. The van der Waals surface area contributed by atoms with E-state index >= 15 is 0 Å². The summed E-state index contributed by atoms with van der Waals surface area (Å²) in [5.41, 5.74) is 0.430. The minimum atomic E-state index is -3.58. The van der Waals surface area contributed by atoms with Gasteiger partial charge in [0.15, 0.2) is 0 Å². The van der Waals surface area contributed by atoms with Crippen molar-refractivity contribution >= 4 is 21.6 Å². The average molecular weight is 356 g/mol. The van der Waals surface area contributed by atoms with Crippen LogP contribution in [0.4, 0.5) is 5.69 Å². The van der Waals surface area contributed by atoms with Crippen LogP contribution in [0.2, 0.25) is 0 Å². The molecule has 0 heterocycles. The van der Waals surface area contributed by atoms with Crippen LogP contribution in [0.25, 0.3) is 0 Å². The summed E-state index contributed by atoms with van der Waals surface area (Å²) in [7, 11) is -2.04. The number of benzene rings is 1. The average Bonchev–Trinajstić information content (AvgIpc) is 2.48. The number of rotatable bonds is 8. The normalized spacial score (nSPS) is 11.9. The number of nitrogens with one attached hydrogen (secondary N) is 1. The number of hydrogen-bond donors (Lipinski definition) is 1. The van der Waals surface area contributed by atoms with Gasteiger partial charge in [-0.05, 0) is 36.1 Å². The molecular formula is C17H28N2O4S. The van der Waals surface area contributed by atoms with Crippen molar-refractivity contribution in [1.29, 1.82) is 0 Å². The molecule has 0 saturated heterocycles. The summed E-state index contributed by atoms with van der Waals surface area (Å²) < 4.78 is 30.4. The maximum absolute atomic E-state index is 12.4. The molecule has 0 saturated carbocycles. The van der Waals surface area contributed by atoms with E-state index in [1.165, 1.54) is 7.11 Å². The molecule has 7 heteroatoms. The topological polar surface area (TPSA) is 75.7 Å². The molecule has 0 fully saturated rings. The smallest absolute Gasteiger partial charge is 0.241 e. The second-order valence-corrected chi connectivity index (χ2v) is 8.46. The van der Waals surface area contributed by atoms with Gasteiger partial charge in [0.2, 0.25) is 15.9 Å². The van der Waals surface area contributed by atoms with Crippen molar-refractivity contribution in [3.63, 3.8) is 0 Å². The summed E-state index contributed by atoms with van der Waals surface area (Å²) >= 11 is 0.